The Labute approximate surface area is 124 Å². The number of hydrogen-bond acceptors (Lipinski definition) is 5. The lowest BCUT2D eigenvalue weighted by Gasteiger charge is -2.14. The second-order valence-corrected chi connectivity index (χ2v) is 5.54. The van der Waals surface area contributed by atoms with Gasteiger partial charge in [-0.3, -0.25) is 0 Å². The highest BCUT2D eigenvalue weighted by Gasteiger charge is 2.16. The van der Waals surface area contributed by atoms with Gasteiger partial charge in [-0.2, -0.15) is 4.98 Å². The number of benzene rings is 1. The molecule has 3 N–H and O–H groups in total. The van der Waals surface area contributed by atoms with Crippen LogP contribution in [0.25, 0.3) is 10.9 Å². The fraction of sp³-hybridized carbons (Fsp3) is 0.500. The van der Waals surface area contributed by atoms with Gasteiger partial charge in [-0.05, 0) is 31.4 Å². The average molecular weight is 286 g/mol. The molecule has 0 aliphatic heterocycles. The van der Waals surface area contributed by atoms with E-state index >= 15 is 0 Å². The minimum absolute atomic E-state index is 0.184. The van der Waals surface area contributed by atoms with E-state index < -0.39 is 0 Å². The van der Waals surface area contributed by atoms with Crippen LogP contribution in [-0.2, 0) is 0 Å². The number of fused-ring (bicyclic) bond motifs is 1. The van der Waals surface area contributed by atoms with Crippen molar-refractivity contribution in [3.05, 3.63) is 24.3 Å². The van der Waals surface area contributed by atoms with Crippen molar-refractivity contribution >= 4 is 22.7 Å². The third-order valence-corrected chi connectivity index (χ3v) is 3.92. The highest BCUT2D eigenvalue weighted by Crippen LogP contribution is 2.25. The topological polar surface area (TPSA) is 70.1 Å². The number of aliphatic hydroxyl groups excluding tert-OH is 1. The Kier molecular flexibility index (Phi) is 4.50. The van der Waals surface area contributed by atoms with E-state index in [0.717, 1.165) is 16.7 Å². The maximum Gasteiger partial charge on any atom is 0.225 e. The Bertz CT molecular complexity index is 596. The Balaban J connectivity index is 1.86. The van der Waals surface area contributed by atoms with E-state index in [1.165, 1.54) is 25.7 Å². The number of aromatic nitrogens is 2. The van der Waals surface area contributed by atoms with E-state index in [9.17, 15) is 0 Å². The van der Waals surface area contributed by atoms with Crippen LogP contribution in [-0.4, -0.2) is 34.3 Å². The van der Waals surface area contributed by atoms with Crippen molar-refractivity contribution in [3.8, 4) is 0 Å². The van der Waals surface area contributed by atoms with Crippen LogP contribution >= 0.6 is 0 Å². The molecule has 1 heterocycles. The molecule has 1 saturated carbocycles. The lowest BCUT2D eigenvalue weighted by molar-refractivity contribution is 0.292. The SMILES string of the molecule is OCCCNc1nc(NC2CCCC2)nc2ccccc12. The summed E-state index contributed by atoms with van der Waals surface area (Å²) in [5, 5.41) is 16.7. The Morgan fingerprint density at radius 1 is 1.14 bits per heavy atom. The van der Waals surface area contributed by atoms with E-state index in [0.29, 0.717) is 25.0 Å². The van der Waals surface area contributed by atoms with Gasteiger partial charge in [0.2, 0.25) is 5.95 Å². The summed E-state index contributed by atoms with van der Waals surface area (Å²) in [6.45, 7) is 0.892. The van der Waals surface area contributed by atoms with E-state index in [1.54, 1.807) is 0 Å². The van der Waals surface area contributed by atoms with Crippen molar-refractivity contribution in [1.29, 1.82) is 0 Å². The summed E-state index contributed by atoms with van der Waals surface area (Å²) in [6.07, 6.45) is 5.68. The van der Waals surface area contributed by atoms with Crippen molar-refractivity contribution in [2.75, 3.05) is 23.8 Å². The fourth-order valence-electron chi connectivity index (χ4n) is 2.81. The zero-order valence-corrected chi connectivity index (χ0v) is 12.2. The highest BCUT2D eigenvalue weighted by atomic mass is 16.3. The Hall–Kier alpha value is -1.88. The first-order valence-corrected chi connectivity index (χ1v) is 7.75. The molecule has 21 heavy (non-hydrogen) atoms. The Morgan fingerprint density at radius 2 is 1.95 bits per heavy atom. The van der Waals surface area contributed by atoms with Gasteiger partial charge in [0.15, 0.2) is 0 Å². The first kappa shape index (κ1) is 14.1. The van der Waals surface area contributed by atoms with Gasteiger partial charge in [0.1, 0.15) is 5.82 Å². The van der Waals surface area contributed by atoms with E-state index in [4.69, 9.17) is 5.11 Å². The molecule has 1 fully saturated rings. The molecule has 0 amide bonds. The van der Waals surface area contributed by atoms with Crippen LogP contribution in [0.2, 0.25) is 0 Å². The standard InChI is InChI=1S/C16H22N4O/c21-11-5-10-17-15-13-8-3-4-9-14(13)19-16(20-15)18-12-6-1-2-7-12/h3-4,8-9,12,21H,1-2,5-7,10-11H2,(H2,17,18,19,20). The first-order chi connectivity index (χ1) is 10.4. The normalized spacial score (nSPS) is 15.5. The molecule has 5 nitrogen and oxygen atoms in total. The summed E-state index contributed by atoms with van der Waals surface area (Å²) < 4.78 is 0. The van der Waals surface area contributed by atoms with Gasteiger partial charge in [0, 0.05) is 24.6 Å². The quantitative estimate of drug-likeness (QED) is 0.712. The second kappa shape index (κ2) is 6.72. The van der Waals surface area contributed by atoms with E-state index in [-0.39, 0.29) is 6.61 Å². The number of anilines is 2. The predicted molar refractivity (Wildman–Crippen MR) is 85.6 cm³/mol. The molecule has 5 heteroatoms. The summed E-state index contributed by atoms with van der Waals surface area (Å²) in [5.74, 6) is 1.54. The maximum absolute atomic E-state index is 8.92. The number of nitrogens with one attached hydrogen (secondary N) is 2. The summed E-state index contributed by atoms with van der Waals surface area (Å²) in [4.78, 5) is 9.24. The van der Waals surface area contributed by atoms with Crippen molar-refractivity contribution < 1.29 is 5.11 Å². The molecule has 1 aromatic carbocycles. The van der Waals surface area contributed by atoms with Crippen LogP contribution in [0, 0.1) is 0 Å². The molecule has 1 aliphatic carbocycles. The molecule has 3 rings (SSSR count). The highest BCUT2D eigenvalue weighted by molar-refractivity contribution is 5.90. The zero-order valence-electron chi connectivity index (χ0n) is 12.2. The van der Waals surface area contributed by atoms with Crippen LogP contribution < -0.4 is 10.6 Å². The van der Waals surface area contributed by atoms with Crippen LogP contribution in [0.15, 0.2) is 24.3 Å². The van der Waals surface area contributed by atoms with Gasteiger partial charge >= 0.3 is 0 Å². The molecule has 0 spiro atoms. The van der Waals surface area contributed by atoms with Gasteiger partial charge in [0.05, 0.1) is 5.52 Å². The molecule has 0 radical (unpaired) electrons. The molecule has 1 aliphatic rings. The van der Waals surface area contributed by atoms with Crippen molar-refractivity contribution in [1.82, 2.24) is 9.97 Å². The third kappa shape index (κ3) is 3.42. The summed E-state index contributed by atoms with van der Waals surface area (Å²) in [7, 11) is 0. The van der Waals surface area contributed by atoms with Gasteiger partial charge in [-0.1, -0.05) is 25.0 Å². The molecule has 2 aromatic rings. The van der Waals surface area contributed by atoms with Crippen LogP contribution in [0.1, 0.15) is 32.1 Å². The van der Waals surface area contributed by atoms with Gasteiger partial charge in [-0.15, -0.1) is 0 Å². The monoisotopic (exact) mass is 286 g/mol. The summed E-state index contributed by atoms with van der Waals surface area (Å²) in [5.41, 5.74) is 0.944. The van der Waals surface area contributed by atoms with Crippen molar-refractivity contribution in [2.24, 2.45) is 0 Å². The second-order valence-electron chi connectivity index (χ2n) is 5.54. The number of para-hydroxylation sites is 1. The smallest absolute Gasteiger partial charge is 0.225 e. The maximum atomic E-state index is 8.92. The number of hydrogen-bond donors (Lipinski definition) is 3. The molecule has 0 saturated heterocycles. The summed E-state index contributed by atoms with van der Waals surface area (Å²) >= 11 is 0. The van der Waals surface area contributed by atoms with Crippen LogP contribution in [0.4, 0.5) is 11.8 Å². The molecular weight excluding hydrogens is 264 g/mol. The lowest BCUT2D eigenvalue weighted by Crippen LogP contribution is -2.17. The molecule has 0 unspecified atom stereocenters. The van der Waals surface area contributed by atoms with Gasteiger partial charge in [0.25, 0.3) is 0 Å². The number of nitrogens with zero attached hydrogens (tertiary/aromatic N) is 2. The molecule has 112 valence electrons. The van der Waals surface area contributed by atoms with Crippen LogP contribution in [0.3, 0.4) is 0 Å². The van der Waals surface area contributed by atoms with Crippen molar-refractivity contribution in [2.45, 2.75) is 38.1 Å². The lowest BCUT2D eigenvalue weighted by atomic mass is 10.2. The minimum atomic E-state index is 0.184. The number of aliphatic hydroxyl groups is 1. The van der Waals surface area contributed by atoms with E-state index in [2.05, 4.69) is 20.6 Å². The minimum Gasteiger partial charge on any atom is -0.396 e. The first-order valence-electron chi connectivity index (χ1n) is 7.75. The van der Waals surface area contributed by atoms with Gasteiger partial charge in [-0.25, -0.2) is 4.98 Å². The fourth-order valence-corrected chi connectivity index (χ4v) is 2.81. The van der Waals surface area contributed by atoms with Crippen molar-refractivity contribution in [3.63, 3.8) is 0 Å². The zero-order chi connectivity index (χ0) is 14.5. The third-order valence-electron chi connectivity index (χ3n) is 3.92. The number of rotatable bonds is 6. The van der Waals surface area contributed by atoms with E-state index in [1.807, 2.05) is 24.3 Å². The largest absolute Gasteiger partial charge is 0.396 e. The average Bonchev–Trinajstić information content (AvgIpc) is 3.00. The van der Waals surface area contributed by atoms with Gasteiger partial charge < -0.3 is 15.7 Å². The predicted octanol–water partition coefficient (Wildman–Crippen LogP) is 2.78. The molecule has 0 bridgehead atoms. The summed E-state index contributed by atoms with van der Waals surface area (Å²) in [6, 6.07) is 8.51. The Morgan fingerprint density at radius 3 is 2.76 bits per heavy atom. The van der Waals surface area contributed by atoms with Crippen LogP contribution in [0.5, 0.6) is 0 Å². The molecular formula is C16H22N4O. The molecule has 1 aromatic heterocycles. The molecule has 0 atom stereocenters.